The molecule has 1 saturated carbocycles. The van der Waals surface area contributed by atoms with Crippen LogP contribution in [0.3, 0.4) is 0 Å². The number of aryl methyl sites for hydroxylation is 1. The second-order valence-corrected chi connectivity index (χ2v) is 8.58. The zero-order valence-electron chi connectivity index (χ0n) is 18.3. The second-order valence-electron chi connectivity index (χ2n) is 8.58. The van der Waals surface area contributed by atoms with Crippen molar-refractivity contribution >= 4 is 34.2 Å². The van der Waals surface area contributed by atoms with Crippen LogP contribution in [0.4, 0.5) is 11.5 Å². The van der Waals surface area contributed by atoms with Gasteiger partial charge in [0, 0.05) is 43.0 Å². The number of nitrogens with one attached hydrogen (secondary N) is 2. The molecule has 7 heteroatoms. The van der Waals surface area contributed by atoms with Crippen molar-refractivity contribution in [2.45, 2.75) is 57.9 Å². The summed E-state index contributed by atoms with van der Waals surface area (Å²) in [6.45, 7) is 5.21. The van der Waals surface area contributed by atoms with E-state index in [2.05, 4.69) is 28.5 Å². The highest BCUT2D eigenvalue weighted by atomic mass is 16.5. The normalized spacial score (nSPS) is 17.5. The van der Waals surface area contributed by atoms with Gasteiger partial charge < -0.3 is 20.3 Å². The van der Waals surface area contributed by atoms with Crippen LogP contribution < -0.4 is 15.5 Å². The SMILES string of the molecule is Cc1cc(N2CCOCC2)nc2ccc(NC(=O)CCC(=O)NC3CCCCC3)cc12. The monoisotopic (exact) mass is 424 g/mol. The van der Waals surface area contributed by atoms with Crippen molar-refractivity contribution in [1.29, 1.82) is 0 Å². The Bertz CT molecular complexity index is 934. The summed E-state index contributed by atoms with van der Waals surface area (Å²) in [5.74, 6) is 0.791. The van der Waals surface area contributed by atoms with E-state index in [1.807, 2.05) is 18.2 Å². The largest absolute Gasteiger partial charge is 0.378 e. The van der Waals surface area contributed by atoms with Crippen molar-refractivity contribution in [3.8, 4) is 0 Å². The van der Waals surface area contributed by atoms with Crippen LogP contribution in [0.1, 0.15) is 50.5 Å². The molecule has 166 valence electrons. The molecule has 4 rings (SSSR count). The smallest absolute Gasteiger partial charge is 0.224 e. The summed E-state index contributed by atoms with van der Waals surface area (Å²) < 4.78 is 5.43. The number of hydrogen-bond donors (Lipinski definition) is 2. The van der Waals surface area contributed by atoms with Gasteiger partial charge in [-0.05, 0) is 49.6 Å². The first-order valence-corrected chi connectivity index (χ1v) is 11.4. The zero-order valence-corrected chi connectivity index (χ0v) is 18.3. The Hall–Kier alpha value is -2.67. The molecule has 2 fully saturated rings. The van der Waals surface area contributed by atoms with E-state index >= 15 is 0 Å². The maximum atomic E-state index is 12.4. The number of rotatable bonds is 6. The number of ether oxygens (including phenoxy) is 1. The highest BCUT2D eigenvalue weighted by Gasteiger charge is 2.17. The van der Waals surface area contributed by atoms with Crippen molar-refractivity contribution in [3.05, 3.63) is 29.8 Å². The van der Waals surface area contributed by atoms with E-state index in [9.17, 15) is 9.59 Å². The van der Waals surface area contributed by atoms with Crippen molar-refractivity contribution in [3.63, 3.8) is 0 Å². The number of benzene rings is 1. The Morgan fingerprint density at radius 2 is 1.81 bits per heavy atom. The molecule has 0 bridgehead atoms. The summed E-state index contributed by atoms with van der Waals surface area (Å²) in [5.41, 5.74) is 2.76. The van der Waals surface area contributed by atoms with Gasteiger partial charge in [0.25, 0.3) is 0 Å². The fraction of sp³-hybridized carbons (Fsp3) is 0.542. The number of hydrogen-bond acceptors (Lipinski definition) is 5. The standard InChI is InChI=1S/C24H32N4O3/c1-17-15-22(28-11-13-31-14-12-28)27-21-8-7-19(16-20(17)21)26-24(30)10-9-23(29)25-18-5-3-2-4-6-18/h7-8,15-16,18H,2-6,9-14H2,1H3,(H,25,29)(H,26,30). The molecular formula is C24H32N4O3. The van der Waals surface area contributed by atoms with Crippen molar-refractivity contribution in [2.24, 2.45) is 0 Å². The fourth-order valence-corrected chi connectivity index (χ4v) is 4.41. The molecule has 0 spiro atoms. The first-order chi connectivity index (χ1) is 15.1. The van der Waals surface area contributed by atoms with Gasteiger partial charge in [0.1, 0.15) is 5.82 Å². The van der Waals surface area contributed by atoms with Crippen LogP contribution in [0.2, 0.25) is 0 Å². The van der Waals surface area contributed by atoms with E-state index in [0.717, 1.165) is 67.1 Å². The van der Waals surface area contributed by atoms with Gasteiger partial charge >= 0.3 is 0 Å². The quantitative estimate of drug-likeness (QED) is 0.741. The Labute approximate surface area is 183 Å². The Kier molecular flexibility index (Phi) is 7.02. The fourth-order valence-electron chi connectivity index (χ4n) is 4.41. The molecular weight excluding hydrogens is 392 g/mol. The summed E-state index contributed by atoms with van der Waals surface area (Å²) in [6, 6.07) is 8.15. The van der Waals surface area contributed by atoms with Gasteiger partial charge in [0.15, 0.2) is 0 Å². The Morgan fingerprint density at radius 3 is 2.58 bits per heavy atom. The number of anilines is 2. The number of carbonyl (C=O) groups excluding carboxylic acids is 2. The van der Waals surface area contributed by atoms with E-state index < -0.39 is 0 Å². The van der Waals surface area contributed by atoms with E-state index in [4.69, 9.17) is 9.72 Å². The summed E-state index contributed by atoms with van der Waals surface area (Å²) >= 11 is 0. The van der Waals surface area contributed by atoms with Crippen molar-refractivity contribution in [2.75, 3.05) is 36.5 Å². The van der Waals surface area contributed by atoms with Gasteiger partial charge in [-0.3, -0.25) is 9.59 Å². The summed E-state index contributed by atoms with van der Waals surface area (Å²) in [5, 5.41) is 7.01. The molecule has 1 aliphatic carbocycles. The zero-order chi connectivity index (χ0) is 21.6. The predicted octanol–water partition coefficient (Wildman–Crippen LogP) is 3.55. The number of aromatic nitrogens is 1. The van der Waals surface area contributed by atoms with E-state index in [-0.39, 0.29) is 30.7 Å². The lowest BCUT2D eigenvalue weighted by Crippen LogP contribution is -2.36. The molecule has 1 saturated heterocycles. The third-order valence-corrected chi connectivity index (χ3v) is 6.17. The number of morpholine rings is 1. The molecule has 7 nitrogen and oxygen atoms in total. The Balaban J connectivity index is 1.34. The number of pyridine rings is 1. The first kappa shape index (κ1) is 21.6. The lowest BCUT2D eigenvalue weighted by Gasteiger charge is -2.28. The van der Waals surface area contributed by atoms with Crippen LogP contribution in [-0.2, 0) is 14.3 Å². The number of nitrogens with zero attached hydrogens (tertiary/aromatic N) is 2. The van der Waals surface area contributed by atoms with E-state index in [0.29, 0.717) is 0 Å². The number of fused-ring (bicyclic) bond motifs is 1. The van der Waals surface area contributed by atoms with Crippen LogP contribution in [0.25, 0.3) is 10.9 Å². The third-order valence-electron chi connectivity index (χ3n) is 6.17. The lowest BCUT2D eigenvalue weighted by molar-refractivity contribution is -0.125. The molecule has 0 unspecified atom stereocenters. The van der Waals surface area contributed by atoms with Gasteiger partial charge in [-0.15, -0.1) is 0 Å². The summed E-state index contributed by atoms with van der Waals surface area (Å²) in [7, 11) is 0. The molecule has 2 N–H and O–H groups in total. The third kappa shape index (κ3) is 5.73. The topological polar surface area (TPSA) is 83.6 Å². The van der Waals surface area contributed by atoms with E-state index in [1.165, 1.54) is 19.3 Å². The highest BCUT2D eigenvalue weighted by Crippen LogP contribution is 2.26. The predicted molar refractivity (Wildman–Crippen MR) is 122 cm³/mol. The van der Waals surface area contributed by atoms with Gasteiger partial charge in [-0.25, -0.2) is 4.98 Å². The summed E-state index contributed by atoms with van der Waals surface area (Å²) in [6.07, 6.45) is 6.11. The minimum absolute atomic E-state index is 0.0313. The minimum Gasteiger partial charge on any atom is -0.378 e. The molecule has 2 aromatic rings. The highest BCUT2D eigenvalue weighted by molar-refractivity contribution is 5.96. The molecule has 0 radical (unpaired) electrons. The van der Waals surface area contributed by atoms with Crippen LogP contribution in [-0.4, -0.2) is 49.1 Å². The lowest BCUT2D eigenvalue weighted by atomic mass is 9.95. The first-order valence-electron chi connectivity index (χ1n) is 11.4. The van der Waals surface area contributed by atoms with Crippen molar-refractivity contribution < 1.29 is 14.3 Å². The van der Waals surface area contributed by atoms with Gasteiger partial charge in [0.05, 0.1) is 18.7 Å². The molecule has 2 heterocycles. The van der Waals surface area contributed by atoms with Crippen LogP contribution in [0.5, 0.6) is 0 Å². The molecule has 31 heavy (non-hydrogen) atoms. The maximum absolute atomic E-state index is 12.4. The van der Waals surface area contributed by atoms with Gasteiger partial charge in [-0.1, -0.05) is 19.3 Å². The van der Waals surface area contributed by atoms with Crippen LogP contribution >= 0.6 is 0 Å². The molecule has 0 atom stereocenters. The summed E-state index contributed by atoms with van der Waals surface area (Å²) in [4.78, 5) is 31.5. The minimum atomic E-state index is -0.145. The molecule has 2 amide bonds. The maximum Gasteiger partial charge on any atom is 0.224 e. The average molecular weight is 425 g/mol. The molecule has 1 aliphatic heterocycles. The van der Waals surface area contributed by atoms with Gasteiger partial charge in [-0.2, -0.15) is 0 Å². The van der Waals surface area contributed by atoms with E-state index in [1.54, 1.807) is 0 Å². The second kappa shape index (κ2) is 10.1. The number of carbonyl (C=O) groups is 2. The average Bonchev–Trinajstić information content (AvgIpc) is 2.79. The number of amides is 2. The molecule has 1 aromatic heterocycles. The molecule has 2 aliphatic rings. The Morgan fingerprint density at radius 1 is 1.06 bits per heavy atom. The van der Waals surface area contributed by atoms with Crippen molar-refractivity contribution in [1.82, 2.24) is 10.3 Å². The van der Waals surface area contributed by atoms with Crippen LogP contribution in [0, 0.1) is 6.92 Å². The van der Waals surface area contributed by atoms with Crippen LogP contribution in [0.15, 0.2) is 24.3 Å². The molecule has 1 aromatic carbocycles. The van der Waals surface area contributed by atoms with Gasteiger partial charge in [0.2, 0.25) is 11.8 Å².